The van der Waals surface area contributed by atoms with Gasteiger partial charge in [-0.1, -0.05) is 49.7 Å². The molecule has 1 atom stereocenters. The van der Waals surface area contributed by atoms with Crippen molar-refractivity contribution in [3.8, 4) is 0 Å². The maximum atomic E-state index is 14.0. The summed E-state index contributed by atoms with van der Waals surface area (Å²) in [4.78, 5) is 16.1. The zero-order valence-electron chi connectivity index (χ0n) is 20.6. The smallest absolute Gasteiger partial charge is 0.255 e. The van der Waals surface area contributed by atoms with E-state index < -0.39 is 11.5 Å². The molecule has 0 amide bonds. The Morgan fingerprint density at radius 3 is 2.32 bits per heavy atom. The molecule has 0 bridgehead atoms. The lowest BCUT2D eigenvalue weighted by atomic mass is 9.72. The topological polar surface area (TPSA) is 57.5 Å². The highest BCUT2D eigenvalue weighted by atomic mass is 35.5. The minimum Gasteiger partial charge on any atom is -0.389 e. The number of nitrogens with zero attached hydrogens (tertiary/aromatic N) is 2. The van der Waals surface area contributed by atoms with Crippen LogP contribution in [0.15, 0.2) is 53.3 Å². The zero-order chi connectivity index (χ0) is 24.5. The van der Waals surface area contributed by atoms with Gasteiger partial charge in [0.1, 0.15) is 0 Å². The lowest BCUT2D eigenvalue weighted by molar-refractivity contribution is -0.00527. The molecule has 5 nitrogen and oxygen atoms in total. The van der Waals surface area contributed by atoms with Crippen LogP contribution >= 0.6 is 11.6 Å². The number of benzene rings is 2. The molecule has 1 aliphatic heterocycles. The van der Waals surface area contributed by atoms with Crippen LogP contribution in [0.1, 0.15) is 55.2 Å². The summed E-state index contributed by atoms with van der Waals surface area (Å²) >= 11 is 6.36. The first-order chi connectivity index (χ1) is 16.2. The van der Waals surface area contributed by atoms with Gasteiger partial charge in [0.2, 0.25) is 0 Å². The number of aromatic nitrogens is 1. The molecule has 0 saturated carbocycles. The molecule has 34 heavy (non-hydrogen) atoms. The molecule has 2 heterocycles. The van der Waals surface area contributed by atoms with Crippen LogP contribution in [-0.2, 0) is 6.54 Å². The molecular weight excluding hydrogens is 446 g/mol. The minimum atomic E-state index is -1.00. The van der Waals surface area contributed by atoms with Crippen LogP contribution in [0.2, 0.25) is 5.02 Å². The minimum absolute atomic E-state index is 0.0402. The predicted octanol–water partition coefficient (Wildman–Crippen LogP) is 4.59. The van der Waals surface area contributed by atoms with Gasteiger partial charge in [-0.25, -0.2) is 0 Å². The van der Waals surface area contributed by atoms with Gasteiger partial charge in [-0.05, 0) is 81.3 Å². The molecule has 3 aromatic rings. The summed E-state index contributed by atoms with van der Waals surface area (Å²) in [6.45, 7) is 7.10. The van der Waals surface area contributed by atoms with Gasteiger partial charge in [-0.15, -0.1) is 0 Å². The molecule has 0 aliphatic carbocycles. The van der Waals surface area contributed by atoms with E-state index in [-0.39, 0.29) is 5.56 Å². The van der Waals surface area contributed by atoms with Gasteiger partial charge in [0, 0.05) is 35.0 Å². The number of hydrogen-bond donors (Lipinski definition) is 2. The Balaban J connectivity index is 1.94. The van der Waals surface area contributed by atoms with Gasteiger partial charge in [-0.2, -0.15) is 0 Å². The molecule has 182 valence electrons. The van der Waals surface area contributed by atoms with Crippen LogP contribution in [0.25, 0.3) is 10.9 Å². The third-order valence-corrected chi connectivity index (χ3v) is 7.34. The fraction of sp³-hybridized carbons (Fsp3) is 0.464. The molecule has 1 saturated heterocycles. The lowest BCUT2D eigenvalue weighted by Gasteiger charge is -2.40. The summed E-state index contributed by atoms with van der Waals surface area (Å²) in [5.41, 5.74) is 2.68. The Labute approximate surface area is 207 Å². The molecule has 1 unspecified atom stereocenters. The van der Waals surface area contributed by atoms with Crippen molar-refractivity contribution in [1.82, 2.24) is 14.8 Å². The van der Waals surface area contributed by atoms with Gasteiger partial charge in [0.25, 0.3) is 5.56 Å². The van der Waals surface area contributed by atoms with Crippen LogP contribution in [0.3, 0.4) is 0 Å². The SMILES string of the molecule is CC(C)c1ccc(C(c2cc3cc(Cl)ccc3n(CCN(C)C)c2=O)C2(O)CCNCC2)cc1. The van der Waals surface area contributed by atoms with E-state index in [0.29, 0.717) is 35.9 Å². The molecule has 2 N–H and O–H groups in total. The number of piperidine rings is 1. The summed E-state index contributed by atoms with van der Waals surface area (Å²) < 4.78 is 1.85. The third-order valence-electron chi connectivity index (χ3n) is 7.11. The fourth-order valence-electron chi connectivity index (χ4n) is 5.11. The highest BCUT2D eigenvalue weighted by Crippen LogP contribution is 2.40. The average molecular weight is 482 g/mol. The normalized spacial score (nSPS) is 16.9. The van der Waals surface area contributed by atoms with Crippen molar-refractivity contribution in [2.45, 2.75) is 50.7 Å². The first-order valence-electron chi connectivity index (χ1n) is 12.2. The van der Waals surface area contributed by atoms with Crippen molar-refractivity contribution in [1.29, 1.82) is 0 Å². The Morgan fingerprint density at radius 1 is 1.06 bits per heavy atom. The van der Waals surface area contributed by atoms with Crippen LogP contribution in [-0.4, -0.2) is 53.9 Å². The highest BCUT2D eigenvalue weighted by Gasteiger charge is 2.41. The van der Waals surface area contributed by atoms with Crippen molar-refractivity contribution in [3.63, 3.8) is 0 Å². The van der Waals surface area contributed by atoms with E-state index in [1.807, 2.05) is 42.9 Å². The van der Waals surface area contributed by atoms with E-state index in [2.05, 4.69) is 48.3 Å². The summed E-state index contributed by atoms with van der Waals surface area (Å²) in [5, 5.41) is 16.9. The highest BCUT2D eigenvalue weighted by molar-refractivity contribution is 6.31. The molecule has 0 radical (unpaired) electrons. The second kappa shape index (κ2) is 10.2. The standard InChI is InChI=1S/C28H36ClN3O2/c1-19(2)20-5-7-21(8-6-20)26(28(34)11-13-30-14-12-28)24-18-22-17-23(29)9-10-25(22)32(27(24)33)16-15-31(3)4/h5-10,17-19,26,30,34H,11-16H2,1-4H3. The molecule has 1 fully saturated rings. The van der Waals surface area contributed by atoms with E-state index in [1.165, 1.54) is 5.56 Å². The second-order valence-corrected chi connectivity index (χ2v) is 10.6. The molecule has 1 aromatic heterocycles. The monoisotopic (exact) mass is 481 g/mol. The summed E-state index contributed by atoms with van der Waals surface area (Å²) in [6.07, 6.45) is 1.18. The van der Waals surface area contributed by atoms with Gasteiger partial charge in [0.05, 0.1) is 11.1 Å². The number of aliphatic hydroxyl groups is 1. The quantitative estimate of drug-likeness (QED) is 0.518. The maximum Gasteiger partial charge on any atom is 0.255 e. The first kappa shape index (κ1) is 24.9. The fourth-order valence-corrected chi connectivity index (χ4v) is 5.29. The Bertz CT molecular complexity index is 1190. The van der Waals surface area contributed by atoms with Crippen LogP contribution in [0.5, 0.6) is 0 Å². The van der Waals surface area contributed by atoms with Crippen LogP contribution in [0.4, 0.5) is 0 Å². The number of hydrogen-bond acceptors (Lipinski definition) is 4. The molecule has 0 spiro atoms. The van der Waals surface area contributed by atoms with Crippen LogP contribution in [0, 0.1) is 0 Å². The molecule has 6 heteroatoms. The number of likely N-dealkylation sites (N-methyl/N-ethyl adjacent to an activating group) is 1. The van der Waals surface area contributed by atoms with E-state index in [1.54, 1.807) is 0 Å². The van der Waals surface area contributed by atoms with Crippen molar-refractivity contribution in [2.75, 3.05) is 33.7 Å². The van der Waals surface area contributed by atoms with E-state index >= 15 is 0 Å². The number of nitrogens with one attached hydrogen (secondary N) is 1. The first-order valence-corrected chi connectivity index (χ1v) is 12.6. The van der Waals surface area contributed by atoms with Gasteiger partial charge in [-0.3, -0.25) is 4.79 Å². The summed E-state index contributed by atoms with van der Waals surface area (Å²) in [6, 6.07) is 16.0. The molecule has 4 rings (SSSR count). The van der Waals surface area contributed by atoms with Gasteiger partial charge in [0.15, 0.2) is 0 Å². The third kappa shape index (κ3) is 5.08. The van der Waals surface area contributed by atoms with Crippen molar-refractivity contribution in [3.05, 3.63) is 80.6 Å². The Kier molecular flexibility index (Phi) is 7.48. The summed E-state index contributed by atoms with van der Waals surface area (Å²) in [7, 11) is 4.01. The summed E-state index contributed by atoms with van der Waals surface area (Å²) in [5.74, 6) is -0.00200. The largest absolute Gasteiger partial charge is 0.389 e. The Morgan fingerprint density at radius 2 is 1.71 bits per heavy atom. The number of rotatable bonds is 7. The van der Waals surface area contributed by atoms with E-state index in [9.17, 15) is 9.90 Å². The molecule has 1 aliphatic rings. The van der Waals surface area contributed by atoms with Crippen LogP contribution < -0.4 is 10.9 Å². The van der Waals surface area contributed by atoms with E-state index in [4.69, 9.17) is 11.6 Å². The maximum absolute atomic E-state index is 14.0. The number of pyridine rings is 1. The average Bonchev–Trinajstić information content (AvgIpc) is 2.79. The molecule has 2 aromatic carbocycles. The number of fused-ring (bicyclic) bond motifs is 1. The van der Waals surface area contributed by atoms with Crippen molar-refractivity contribution < 1.29 is 5.11 Å². The number of halogens is 1. The van der Waals surface area contributed by atoms with Crippen molar-refractivity contribution >= 4 is 22.5 Å². The van der Waals surface area contributed by atoms with Crippen molar-refractivity contribution in [2.24, 2.45) is 0 Å². The lowest BCUT2D eigenvalue weighted by Crippen LogP contribution is -2.48. The Hall–Kier alpha value is -2.18. The van der Waals surface area contributed by atoms with E-state index in [0.717, 1.165) is 36.1 Å². The second-order valence-electron chi connectivity index (χ2n) is 10.2. The predicted molar refractivity (Wildman–Crippen MR) is 141 cm³/mol. The molecular formula is C28H36ClN3O2. The zero-order valence-corrected chi connectivity index (χ0v) is 21.4. The van der Waals surface area contributed by atoms with Gasteiger partial charge >= 0.3 is 0 Å². The van der Waals surface area contributed by atoms with Gasteiger partial charge < -0.3 is 19.9 Å².